The Morgan fingerprint density at radius 3 is 2.95 bits per heavy atom. The molecular weight excluding hydrogens is 324 g/mol. The molecule has 0 spiro atoms. The average Bonchev–Trinajstić information content (AvgIpc) is 2.81. The third-order valence-electron chi connectivity index (χ3n) is 3.03. The molecule has 0 unspecified atom stereocenters. The molecule has 106 valence electrons. The van der Waals surface area contributed by atoms with Crippen LogP contribution in [0.4, 0.5) is 11.4 Å². The molecule has 1 aromatic heterocycles. The number of H-pyrrole nitrogens is 1. The van der Waals surface area contributed by atoms with E-state index >= 15 is 0 Å². The van der Waals surface area contributed by atoms with Crippen LogP contribution in [0.5, 0.6) is 0 Å². The van der Waals surface area contributed by atoms with E-state index in [2.05, 4.69) is 31.4 Å². The smallest absolute Gasteiger partial charge is 0.293 e. The van der Waals surface area contributed by atoms with Crippen molar-refractivity contribution in [2.24, 2.45) is 0 Å². The van der Waals surface area contributed by atoms with Crippen molar-refractivity contribution in [2.45, 2.75) is 19.8 Å². The lowest BCUT2D eigenvalue weighted by molar-refractivity contribution is -0.384. The number of nitrogens with zero attached hydrogens (tertiary/aromatic N) is 2. The van der Waals surface area contributed by atoms with Gasteiger partial charge in [-0.25, -0.2) is 0 Å². The van der Waals surface area contributed by atoms with Crippen molar-refractivity contribution in [3.63, 3.8) is 0 Å². The van der Waals surface area contributed by atoms with Crippen LogP contribution >= 0.6 is 15.9 Å². The predicted molar refractivity (Wildman–Crippen MR) is 80.9 cm³/mol. The molecule has 0 aliphatic rings. The molecule has 1 heterocycles. The van der Waals surface area contributed by atoms with E-state index in [0.29, 0.717) is 16.7 Å². The molecule has 7 heteroatoms. The van der Waals surface area contributed by atoms with Crippen LogP contribution in [-0.4, -0.2) is 21.7 Å². The number of halogens is 1. The quantitative estimate of drug-likeness (QED) is 0.480. The van der Waals surface area contributed by atoms with Gasteiger partial charge in [-0.3, -0.25) is 15.2 Å². The Balaban J connectivity index is 1.91. The zero-order chi connectivity index (χ0) is 14.5. The van der Waals surface area contributed by atoms with E-state index in [1.54, 1.807) is 12.1 Å². The molecular formula is C13H15BrN4O2. The van der Waals surface area contributed by atoms with Gasteiger partial charge >= 0.3 is 0 Å². The summed E-state index contributed by atoms with van der Waals surface area (Å²) in [5.74, 6) is 0. The number of hydrogen-bond donors (Lipinski definition) is 2. The number of anilines is 1. The highest BCUT2D eigenvalue weighted by Crippen LogP contribution is 2.27. The molecule has 0 aliphatic carbocycles. The second-order valence-corrected chi connectivity index (χ2v) is 5.38. The van der Waals surface area contributed by atoms with E-state index in [9.17, 15) is 10.1 Å². The molecule has 2 aromatic rings. The van der Waals surface area contributed by atoms with Crippen LogP contribution in [0.15, 0.2) is 28.9 Å². The lowest BCUT2D eigenvalue weighted by atomic mass is 10.1. The van der Waals surface area contributed by atoms with Crippen molar-refractivity contribution in [2.75, 3.05) is 11.9 Å². The van der Waals surface area contributed by atoms with Crippen LogP contribution < -0.4 is 5.32 Å². The first-order valence-electron chi connectivity index (χ1n) is 6.24. The zero-order valence-corrected chi connectivity index (χ0v) is 12.6. The summed E-state index contributed by atoms with van der Waals surface area (Å²) >= 11 is 3.24. The molecule has 1 aromatic carbocycles. The third kappa shape index (κ3) is 3.57. The topological polar surface area (TPSA) is 83.8 Å². The Bertz CT molecular complexity index is 612. The molecule has 0 aliphatic heterocycles. The van der Waals surface area contributed by atoms with Crippen molar-refractivity contribution in [1.82, 2.24) is 10.2 Å². The monoisotopic (exact) mass is 338 g/mol. The Hall–Kier alpha value is -1.89. The molecule has 0 amide bonds. The summed E-state index contributed by atoms with van der Waals surface area (Å²) in [6, 6.07) is 5.00. The summed E-state index contributed by atoms with van der Waals surface area (Å²) in [4.78, 5) is 10.6. The zero-order valence-electron chi connectivity index (χ0n) is 11.0. The molecule has 0 radical (unpaired) electrons. The minimum atomic E-state index is -0.382. The third-order valence-corrected chi connectivity index (χ3v) is 3.52. The lowest BCUT2D eigenvalue weighted by Crippen LogP contribution is -2.05. The van der Waals surface area contributed by atoms with Crippen molar-refractivity contribution >= 4 is 27.3 Å². The number of nitro benzene ring substituents is 1. The summed E-state index contributed by atoms with van der Waals surface area (Å²) < 4.78 is 0.698. The highest BCUT2D eigenvalue weighted by Gasteiger charge is 2.13. The van der Waals surface area contributed by atoms with Gasteiger partial charge in [0.25, 0.3) is 5.69 Å². The van der Waals surface area contributed by atoms with Crippen LogP contribution in [0, 0.1) is 17.0 Å². The summed E-state index contributed by atoms with van der Waals surface area (Å²) in [6.45, 7) is 2.66. The molecule has 0 atom stereocenters. The maximum atomic E-state index is 11.0. The molecule has 2 N–H and O–H groups in total. The van der Waals surface area contributed by atoms with E-state index < -0.39 is 0 Å². The molecule has 2 rings (SSSR count). The molecule has 0 saturated heterocycles. The minimum absolute atomic E-state index is 0.0823. The molecule has 0 saturated carbocycles. The van der Waals surface area contributed by atoms with E-state index in [0.717, 1.165) is 18.5 Å². The Morgan fingerprint density at radius 1 is 1.50 bits per heavy atom. The largest absolute Gasteiger partial charge is 0.379 e. The van der Waals surface area contributed by atoms with Gasteiger partial charge in [-0.05, 0) is 37.5 Å². The van der Waals surface area contributed by atoms with Crippen LogP contribution in [0.3, 0.4) is 0 Å². The number of nitro groups is 1. The minimum Gasteiger partial charge on any atom is -0.379 e. The number of hydrogen-bond acceptors (Lipinski definition) is 4. The lowest BCUT2D eigenvalue weighted by Gasteiger charge is -2.07. The summed E-state index contributed by atoms with van der Waals surface area (Å²) in [7, 11) is 0. The number of aromatic nitrogens is 2. The van der Waals surface area contributed by atoms with Crippen LogP contribution in [0.2, 0.25) is 0 Å². The maximum Gasteiger partial charge on any atom is 0.293 e. The second kappa shape index (κ2) is 6.51. The second-order valence-electron chi connectivity index (χ2n) is 4.47. The van der Waals surface area contributed by atoms with Crippen LogP contribution in [0.25, 0.3) is 0 Å². The number of aromatic amines is 1. The number of aryl methyl sites for hydroxylation is 2. The Labute approximate surface area is 124 Å². The van der Waals surface area contributed by atoms with Crippen LogP contribution in [-0.2, 0) is 6.42 Å². The molecule has 20 heavy (non-hydrogen) atoms. The molecule has 0 bridgehead atoms. The van der Waals surface area contributed by atoms with Crippen molar-refractivity contribution in [1.29, 1.82) is 0 Å². The normalized spacial score (nSPS) is 10.5. The first-order chi connectivity index (χ1) is 9.58. The van der Waals surface area contributed by atoms with Crippen molar-refractivity contribution in [3.05, 3.63) is 50.2 Å². The Morgan fingerprint density at radius 2 is 2.30 bits per heavy atom. The van der Waals surface area contributed by atoms with Crippen LogP contribution in [0.1, 0.15) is 17.7 Å². The first-order valence-corrected chi connectivity index (χ1v) is 7.04. The van der Waals surface area contributed by atoms with Gasteiger partial charge in [-0.15, -0.1) is 0 Å². The Kier molecular flexibility index (Phi) is 4.73. The van der Waals surface area contributed by atoms with Gasteiger partial charge in [0, 0.05) is 22.8 Å². The van der Waals surface area contributed by atoms with Gasteiger partial charge in [-0.1, -0.05) is 15.9 Å². The number of benzene rings is 1. The van der Waals surface area contributed by atoms with E-state index in [4.69, 9.17) is 0 Å². The van der Waals surface area contributed by atoms with Gasteiger partial charge in [0.2, 0.25) is 0 Å². The summed E-state index contributed by atoms with van der Waals surface area (Å²) in [6.07, 6.45) is 3.59. The van der Waals surface area contributed by atoms with Gasteiger partial charge < -0.3 is 5.32 Å². The first kappa shape index (κ1) is 14.5. The van der Waals surface area contributed by atoms with Crippen molar-refractivity contribution < 1.29 is 4.92 Å². The van der Waals surface area contributed by atoms with Gasteiger partial charge in [0.05, 0.1) is 11.1 Å². The summed E-state index contributed by atoms with van der Waals surface area (Å²) in [5, 5.41) is 20.9. The fourth-order valence-corrected chi connectivity index (χ4v) is 2.28. The predicted octanol–water partition coefficient (Wildman–Crippen LogP) is 3.43. The fraction of sp³-hybridized carbons (Fsp3) is 0.308. The number of rotatable bonds is 6. The maximum absolute atomic E-state index is 11.0. The highest BCUT2D eigenvalue weighted by atomic mass is 79.9. The molecule has 0 fully saturated rings. The standard InChI is InChI=1S/C13H15BrN4O2/c1-9-10(8-16-17-9)3-2-6-15-12-5-4-11(14)7-13(12)18(19)20/h4-5,7-8,15H,2-3,6H2,1H3,(H,16,17). The van der Waals surface area contributed by atoms with E-state index in [1.807, 2.05) is 13.1 Å². The van der Waals surface area contributed by atoms with E-state index in [1.165, 1.54) is 11.6 Å². The van der Waals surface area contributed by atoms with E-state index in [-0.39, 0.29) is 10.6 Å². The molecule has 6 nitrogen and oxygen atoms in total. The van der Waals surface area contributed by atoms with Gasteiger partial charge in [-0.2, -0.15) is 5.10 Å². The fourth-order valence-electron chi connectivity index (χ4n) is 1.93. The van der Waals surface area contributed by atoms with Gasteiger partial charge in [0.1, 0.15) is 5.69 Å². The number of nitrogens with one attached hydrogen (secondary N) is 2. The highest BCUT2D eigenvalue weighted by molar-refractivity contribution is 9.10. The SMILES string of the molecule is Cc1[nH]ncc1CCCNc1ccc(Br)cc1[N+](=O)[O-]. The van der Waals surface area contributed by atoms with Crippen molar-refractivity contribution in [3.8, 4) is 0 Å². The van der Waals surface area contributed by atoms with Gasteiger partial charge in [0.15, 0.2) is 0 Å². The average molecular weight is 339 g/mol. The summed E-state index contributed by atoms with van der Waals surface area (Å²) in [5.41, 5.74) is 2.87.